The third kappa shape index (κ3) is 3.32. The molecule has 2 aromatic carbocycles. The first kappa shape index (κ1) is 13.6. The monoisotopic (exact) mass is 276 g/mol. The first-order valence-electron chi connectivity index (χ1n) is 6.18. The van der Waals surface area contributed by atoms with Crippen molar-refractivity contribution in [3.8, 4) is 5.75 Å². The minimum atomic E-state index is 0.259. The van der Waals surface area contributed by atoms with Gasteiger partial charge in [0.15, 0.2) is 0 Å². The van der Waals surface area contributed by atoms with E-state index in [4.69, 9.17) is 17.3 Å². The van der Waals surface area contributed by atoms with Crippen molar-refractivity contribution in [1.82, 2.24) is 0 Å². The number of nitrogens with two attached hydrogens (primary N) is 1. The lowest BCUT2D eigenvalue weighted by Gasteiger charge is -2.24. The fraction of sp³-hybridized carbons (Fsp3) is 0.200. The zero-order valence-corrected chi connectivity index (χ0v) is 11.6. The molecule has 3 N–H and O–H groups in total. The van der Waals surface area contributed by atoms with Gasteiger partial charge in [0, 0.05) is 35.6 Å². The van der Waals surface area contributed by atoms with E-state index in [1.807, 2.05) is 24.3 Å². The number of nitrogens with zero attached hydrogens (tertiary/aromatic N) is 1. The topological polar surface area (TPSA) is 49.5 Å². The zero-order chi connectivity index (χ0) is 13.8. The van der Waals surface area contributed by atoms with Gasteiger partial charge in [0.05, 0.1) is 0 Å². The summed E-state index contributed by atoms with van der Waals surface area (Å²) in [5.41, 5.74) is 8.63. The maximum atomic E-state index is 9.55. The second-order valence-corrected chi connectivity index (χ2v) is 4.81. The Balaban J connectivity index is 2.26. The van der Waals surface area contributed by atoms with Crippen LogP contribution in [-0.4, -0.2) is 11.7 Å². The summed E-state index contributed by atoms with van der Waals surface area (Å²) in [5, 5.41) is 10.2. The standard InChI is InChI=1S/C15H17ClN2O/c1-2-18(13-4-3-5-14(19)9-13)10-11-8-12(16)6-7-15(11)17/h3-9,19H,2,10,17H2,1H3. The molecule has 0 aliphatic carbocycles. The maximum Gasteiger partial charge on any atom is 0.117 e. The molecular weight excluding hydrogens is 260 g/mol. The van der Waals surface area contributed by atoms with Gasteiger partial charge >= 0.3 is 0 Å². The molecule has 4 heteroatoms. The van der Waals surface area contributed by atoms with Crippen molar-refractivity contribution in [3.63, 3.8) is 0 Å². The molecule has 0 unspecified atom stereocenters. The Kier molecular flexibility index (Phi) is 4.17. The molecule has 0 radical (unpaired) electrons. The summed E-state index contributed by atoms with van der Waals surface area (Å²) in [6.45, 7) is 3.53. The number of phenolic OH excluding ortho intramolecular Hbond substituents is 1. The van der Waals surface area contributed by atoms with Crippen molar-refractivity contribution < 1.29 is 5.11 Å². The average molecular weight is 277 g/mol. The highest BCUT2D eigenvalue weighted by molar-refractivity contribution is 6.30. The van der Waals surface area contributed by atoms with E-state index in [-0.39, 0.29) is 5.75 Å². The number of hydrogen-bond donors (Lipinski definition) is 2. The lowest BCUT2D eigenvalue weighted by atomic mass is 10.1. The van der Waals surface area contributed by atoms with E-state index in [1.54, 1.807) is 18.2 Å². The van der Waals surface area contributed by atoms with Gasteiger partial charge in [-0.3, -0.25) is 0 Å². The van der Waals surface area contributed by atoms with Crippen LogP contribution < -0.4 is 10.6 Å². The van der Waals surface area contributed by atoms with E-state index in [0.717, 1.165) is 23.5 Å². The minimum absolute atomic E-state index is 0.259. The third-order valence-corrected chi connectivity index (χ3v) is 3.28. The van der Waals surface area contributed by atoms with Gasteiger partial charge in [-0.1, -0.05) is 17.7 Å². The van der Waals surface area contributed by atoms with Crippen LogP contribution in [0.2, 0.25) is 5.02 Å². The van der Waals surface area contributed by atoms with E-state index in [0.29, 0.717) is 11.6 Å². The highest BCUT2D eigenvalue weighted by atomic mass is 35.5. The SMILES string of the molecule is CCN(Cc1cc(Cl)ccc1N)c1cccc(O)c1. The number of halogens is 1. The number of hydrogen-bond acceptors (Lipinski definition) is 3. The van der Waals surface area contributed by atoms with E-state index in [9.17, 15) is 5.11 Å². The molecule has 0 aliphatic rings. The summed E-state index contributed by atoms with van der Waals surface area (Å²) in [4.78, 5) is 2.13. The predicted octanol–water partition coefficient (Wildman–Crippen LogP) is 3.65. The average Bonchev–Trinajstić information content (AvgIpc) is 2.39. The number of phenols is 1. The summed E-state index contributed by atoms with van der Waals surface area (Å²) >= 11 is 6.00. The molecule has 100 valence electrons. The first-order valence-corrected chi connectivity index (χ1v) is 6.56. The largest absolute Gasteiger partial charge is 0.508 e. The summed E-state index contributed by atoms with van der Waals surface area (Å²) in [6, 6.07) is 12.7. The van der Waals surface area contributed by atoms with Crippen LogP contribution in [0.15, 0.2) is 42.5 Å². The molecule has 0 saturated heterocycles. The van der Waals surface area contributed by atoms with Crippen LogP contribution in [0.25, 0.3) is 0 Å². The lowest BCUT2D eigenvalue weighted by molar-refractivity contribution is 0.475. The van der Waals surface area contributed by atoms with Crippen LogP contribution in [-0.2, 0) is 6.54 Å². The van der Waals surface area contributed by atoms with Gasteiger partial charge in [-0.05, 0) is 42.8 Å². The van der Waals surface area contributed by atoms with Crippen LogP contribution in [0, 0.1) is 0 Å². The molecule has 0 aliphatic heterocycles. The summed E-state index contributed by atoms with van der Waals surface area (Å²) in [5.74, 6) is 0.259. The second kappa shape index (κ2) is 5.85. The molecule has 0 amide bonds. The van der Waals surface area contributed by atoms with Crippen molar-refractivity contribution >= 4 is 23.0 Å². The van der Waals surface area contributed by atoms with Crippen molar-refractivity contribution in [2.24, 2.45) is 0 Å². The molecule has 3 nitrogen and oxygen atoms in total. The van der Waals surface area contributed by atoms with E-state index in [2.05, 4.69) is 11.8 Å². The maximum absolute atomic E-state index is 9.55. The highest BCUT2D eigenvalue weighted by Gasteiger charge is 2.08. The van der Waals surface area contributed by atoms with Gasteiger partial charge in [0.2, 0.25) is 0 Å². The molecule has 0 fully saturated rings. The van der Waals surface area contributed by atoms with Crippen LogP contribution in [0.3, 0.4) is 0 Å². The smallest absolute Gasteiger partial charge is 0.117 e. The summed E-state index contributed by atoms with van der Waals surface area (Å²) in [7, 11) is 0. The van der Waals surface area contributed by atoms with Crippen molar-refractivity contribution in [1.29, 1.82) is 0 Å². The molecule has 0 heterocycles. The van der Waals surface area contributed by atoms with Gasteiger partial charge in [-0.25, -0.2) is 0 Å². The Hall–Kier alpha value is -1.87. The molecule has 0 aromatic heterocycles. The van der Waals surface area contributed by atoms with Crippen LogP contribution in [0.1, 0.15) is 12.5 Å². The fourth-order valence-electron chi connectivity index (χ4n) is 1.99. The van der Waals surface area contributed by atoms with Gasteiger partial charge in [0.25, 0.3) is 0 Å². The Morgan fingerprint density at radius 3 is 2.68 bits per heavy atom. The summed E-state index contributed by atoms with van der Waals surface area (Å²) < 4.78 is 0. The Morgan fingerprint density at radius 1 is 1.21 bits per heavy atom. The molecule has 0 saturated carbocycles. The zero-order valence-electron chi connectivity index (χ0n) is 10.8. The van der Waals surface area contributed by atoms with E-state index < -0.39 is 0 Å². The van der Waals surface area contributed by atoms with Crippen molar-refractivity contribution in [2.75, 3.05) is 17.2 Å². The molecule has 2 rings (SSSR count). The molecule has 0 bridgehead atoms. The number of rotatable bonds is 4. The quantitative estimate of drug-likeness (QED) is 0.838. The number of aromatic hydroxyl groups is 1. The molecular formula is C15H17ClN2O. The van der Waals surface area contributed by atoms with Crippen LogP contribution in [0.4, 0.5) is 11.4 Å². The lowest BCUT2D eigenvalue weighted by Crippen LogP contribution is -2.22. The van der Waals surface area contributed by atoms with Crippen molar-refractivity contribution in [3.05, 3.63) is 53.1 Å². The van der Waals surface area contributed by atoms with Crippen LogP contribution >= 0.6 is 11.6 Å². The molecule has 0 spiro atoms. The predicted molar refractivity (Wildman–Crippen MR) is 80.7 cm³/mol. The first-order chi connectivity index (χ1) is 9.10. The second-order valence-electron chi connectivity index (χ2n) is 4.38. The number of benzene rings is 2. The third-order valence-electron chi connectivity index (χ3n) is 3.04. The molecule has 0 atom stereocenters. The minimum Gasteiger partial charge on any atom is -0.508 e. The Labute approximate surface area is 118 Å². The van der Waals surface area contributed by atoms with Gasteiger partial charge in [0.1, 0.15) is 5.75 Å². The Morgan fingerprint density at radius 2 is 2.00 bits per heavy atom. The van der Waals surface area contributed by atoms with Crippen molar-refractivity contribution in [2.45, 2.75) is 13.5 Å². The fourth-order valence-corrected chi connectivity index (χ4v) is 2.19. The van der Waals surface area contributed by atoms with Gasteiger partial charge in [-0.2, -0.15) is 0 Å². The van der Waals surface area contributed by atoms with Gasteiger partial charge < -0.3 is 15.7 Å². The Bertz CT molecular complexity index is 572. The number of nitrogen functional groups attached to an aromatic ring is 1. The number of anilines is 2. The highest BCUT2D eigenvalue weighted by Crippen LogP contribution is 2.25. The van der Waals surface area contributed by atoms with E-state index in [1.165, 1.54) is 0 Å². The summed E-state index contributed by atoms with van der Waals surface area (Å²) in [6.07, 6.45) is 0. The molecule has 19 heavy (non-hydrogen) atoms. The van der Waals surface area contributed by atoms with Crippen LogP contribution in [0.5, 0.6) is 5.75 Å². The van der Waals surface area contributed by atoms with Gasteiger partial charge in [-0.15, -0.1) is 0 Å². The normalized spacial score (nSPS) is 10.4. The molecule has 2 aromatic rings. The van der Waals surface area contributed by atoms with E-state index >= 15 is 0 Å².